The summed E-state index contributed by atoms with van der Waals surface area (Å²) < 4.78 is 5.80. The van der Waals surface area contributed by atoms with Crippen molar-refractivity contribution in [3.05, 3.63) is 120 Å². The zero-order valence-corrected chi connectivity index (χ0v) is 20.3. The van der Waals surface area contributed by atoms with Gasteiger partial charge in [0.15, 0.2) is 0 Å². The van der Waals surface area contributed by atoms with Crippen LogP contribution < -0.4 is 10.0 Å². The van der Waals surface area contributed by atoms with E-state index in [1.54, 1.807) is 7.11 Å². The SMILES string of the molecule is COc1ccccc1[C@@H](c1ccccc1)c1ccccc1S(C)(C)c1ccccc1P. The van der Waals surface area contributed by atoms with E-state index in [4.69, 9.17) is 4.74 Å². The topological polar surface area (TPSA) is 9.23 Å². The molecule has 0 radical (unpaired) electrons. The highest BCUT2D eigenvalue weighted by Crippen LogP contribution is 2.59. The molecule has 2 atom stereocenters. The number of methoxy groups -OCH3 is 1. The van der Waals surface area contributed by atoms with Crippen LogP contribution >= 0.6 is 19.3 Å². The van der Waals surface area contributed by atoms with Crippen LogP contribution in [0.3, 0.4) is 0 Å². The van der Waals surface area contributed by atoms with Crippen molar-refractivity contribution in [2.45, 2.75) is 15.7 Å². The minimum absolute atomic E-state index is 0.0944. The molecule has 4 aromatic rings. The number of hydrogen-bond donors (Lipinski definition) is 0. The van der Waals surface area contributed by atoms with Gasteiger partial charge < -0.3 is 4.74 Å². The number of rotatable bonds is 6. The molecule has 1 unspecified atom stereocenters. The lowest BCUT2D eigenvalue weighted by atomic mass is 9.84. The molecule has 0 aliphatic carbocycles. The Morgan fingerprint density at radius 3 is 1.87 bits per heavy atom. The van der Waals surface area contributed by atoms with Gasteiger partial charge in [-0.05, 0) is 52.0 Å². The predicted molar refractivity (Wildman–Crippen MR) is 139 cm³/mol. The molecule has 3 heteroatoms. The molecule has 0 heterocycles. The molecule has 158 valence electrons. The summed E-state index contributed by atoms with van der Waals surface area (Å²) in [5, 5.41) is 1.27. The van der Waals surface area contributed by atoms with Gasteiger partial charge in [-0.2, -0.15) is 10.0 Å². The molecule has 0 N–H and O–H groups in total. The first-order chi connectivity index (χ1) is 15.0. The van der Waals surface area contributed by atoms with Gasteiger partial charge in [-0.25, -0.2) is 0 Å². The van der Waals surface area contributed by atoms with Crippen molar-refractivity contribution >= 4 is 24.6 Å². The number of benzene rings is 4. The second kappa shape index (κ2) is 9.30. The summed E-state index contributed by atoms with van der Waals surface area (Å²) >= 11 is 0. The molecule has 0 aliphatic heterocycles. The fourth-order valence-electron chi connectivity index (χ4n) is 4.32. The van der Waals surface area contributed by atoms with Gasteiger partial charge in [0.1, 0.15) is 5.75 Å². The third-order valence-corrected chi connectivity index (χ3v) is 9.49. The van der Waals surface area contributed by atoms with Crippen LogP contribution in [0.2, 0.25) is 0 Å². The molecule has 31 heavy (non-hydrogen) atoms. The summed E-state index contributed by atoms with van der Waals surface area (Å²) in [5.41, 5.74) is 3.80. The van der Waals surface area contributed by atoms with Gasteiger partial charge >= 0.3 is 0 Å². The fourth-order valence-corrected chi connectivity index (χ4v) is 7.92. The van der Waals surface area contributed by atoms with Crippen LogP contribution in [0.25, 0.3) is 0 Å². The van der Waals surface area contributed by atoms with Crippen molar-refractivity contribution in [1.82, 2.24) is 0 Å². The first kappa shape index (κ1) is 21.7. The molecular weight excluding hydrogens is 415 g/mol. The van der Waals surface area contributed by atoms with Crippen molar-refractivity contribution in [2.75, 3.05) is 19.6 Å². The van der Waals surface area contributed by atoms with E-state index in [1.165, 1.54) is 31.8 Å². The van der Waals surface area contributed by atoms with E-state index in [-0.39, 0.29) is 5.92 Å². The number of hydrogen-bond acceptors (Lipinski definition) is 1. The van der Waals surface area contributed by atoms with E-state index in [1.807, 2.05) is 6.07 Å². The second-order valence-electron chi connectivity index (χ2n) is 7.99. The summed E-state index contributed by atoms with van der Waals surface area (Å²) in [7, 11) is 3.44. The molecule has 0 aromatic heterocycles. The molecule has 0 spiro atoms. The van der Waals surface area contributed by atoms with Crippen LogP contribution in [0.1, 0.15) is 22.6 Å². The first-order valence-electron chi connectivity index (χ1n) is 10.4. The Labute approximate surface area is 190 Å². The quantitative estimate of drug-likeness (QED) is 0.233. The highest BCUT2D eigenvalue weighted by atomic mass is 32.3. The van der Waals surface area contributed by atoms with E-state index in [9.17, 15) is 0 Å². The fraction of sp³-hybridized carbons (Fsp3) is 0.143. The molecule has 4 rings (SSSR count). The zero-order valence-electron chi connectivity index (χ0n) is 18.3. The highest BCUT2D eigenvalue weighted by Gasteiger charge is 2.28. The van der Waals surface area contributed by atoms with Crippen molar-refractivity contribution in [2.24, 2.45) is 0 Å². The van der Waals surface area contributed by atoms with Gasteiger partial charge in [0.2, 0.25) is 0 Å². The van der Waals surface area contributed by atoms with Crippen LogP contribution in [-0.2, 0) is 0 Å². The summed E-state index contributed by atoms with van der Waals surface area (Å²) in [6, 6.07) is 36.8. The largest absolute Gasteiger partial charge is 0.496 e. The molecule has 0 aliphatic rings. The van der Waals surface area contributed by atoms with Gasteiger partial charge in [-0.3, -0.25) is 0 Å². The first-order valence-corrected chi connectivity index (χ1v) is 13.4. The van der Waals surface area contributed by atoms with Crippen molar-refractivity contribution < 1.29 is 4.74 Å². The van der Waals surface area contributed by atoms with E-state index < -0.39 is 10.0 Å². The Bertz CT molecular complexity index is 1170. The molecule has 0 fully saturated rings. The lowest BCUT2D eigenvalue weighted by Gasteiger charge is -2.37. The maximum atomic E-state index is 5.80. The maximum Gasteiger partial charge on any atom is 0.123 e. The summed E-state index contributed by atoms with van der Waals surface area (Å²) in [6.45, 7) is 0. The molecule has 0 amide bonds. The Morgan fingerprint density at radius 2 is 1.19 bits per heavy atom. The normalized spacial score (nSPS) is 12.9. The van der Waals surface area contributed by atoms with Gasteiger partial charge in [0, 0.05) is 16.4 Å². The van der Waals surface area contributed by atoms with Crippen LogP contribution in [0, 0.1) is 0 Å². The zero-order chi connectivity index (χ0) is 21.8. The van der Waals surface area contributed by atoms with Gasteiger partial charge in [0.25, 0.3) is 0 Å². The maximum absolute atomic E-state index is 5.80. The molecular formula is C28H29OPS. The average Bonchev–Trinajstić information content (AvgIpc) is 2.81. The monoisotopic (exact) mass is 444 g/mol. The predicted octanol–water partition coefficient (Wildman–Crippen LogP) is 6.86. The van der Waals surface area contributed by atoms with Crippen molar-refractivity contribution in [3.63, 3.8) is 0 Å². The Hall–Kier alpha value is -2.54. The van der Waals surface area contributed by atoms with Gasteiger partial charge in [-0.1, -0.05) is 84.9 Å². The summed E-state index contributed by atoms with van der Waals surface area (Å²) in [6.07, 6.45) is 4.80. The molecule has 0 bridgehead atoms. The number of para-hydroxylation sites is 1. The van der Waals surface area contributed by atoms with Crippen LogP contribution in [0.15, 0.2) is 113 Å². The lowest BCUT2D eigenvalue weighted by Crippen LogP contribution is -2.12. The minimum atomic E-state index is -1.24. The van der Waals surface area contributed by atoms with Gasteiger partial charge in [-0.15, -0.1) is 9.24 Å². The summed E-state index contributed by atoms with van der Waals surface area (Å²) in [4.78, 5) is 2.81. The van der Waals surface area contributed by atoms with E-state index >= 15 is 0 Å². The molecule has 0 saturated heterocycles. The van der Waals surface area contributed by atoms with E-state index in [0.717, 1.165) is 5.75 Å². The van der Waals surface area contributed by atoms with Gasteiger partial charge in [0.05, 0.1) is 7.11 Å². The Balaban J connectivity index is 1.97. The highest BCUT2D eigenvalue weighted by molar-refractivity contribution is 8.33. The standard InChI is InChI=1S/C28H29OPS/c1-29-24-17-9-7-15-22(24)28(21-13-5-4-6-14-21)23-16-8-11-19-26(23)31(2,3)27-20-12-10-18-25(27)30/h4-20,28H,30H2,1-3H3/t28-/m1/s1. The minimum Gasteiger partial charge on any atom is -0.496 e. The average molecular weight is 445 g/mol. The van der Waals surface area contributed by atoms with E-state index in [0.29, 0.717) is 0 Å². The smallest absolute Gasteiger partial charge is 0.123 e. The number of ether oxygens (including phenoxy) is 1. The van der Waals surface area contributed by atoms with Crippen molar-refractivity contribution in [1.29, 1.82) is 0 Å². The van der Waals surface area contributed by atoms with E-state index in [2.05, 4.69) is 119 Å². The Morgan fingerprint density at radius 1 is 0.645 bits per heavy atom. The van der Waals surface area contributed by atoms with Crippen LogP contribution in [-0.4, -0.2) is 19.6 Å². The molecule has 0 saturated carbocycles. The third kappa shape index (κ3) is 4.28. The van der Waals surface area contributed by atoms with Crippen LogP contribution in [0.4, 0.5) is 0 Å². The summed E-state index contributed by atoms with van der Waals surface area (Å²) in [5.74, 6) is 1.02. The lowest BCUT2D eigenvalue weighted by molar-refractivity contribution is 0.409. The molecule has 4 aromatic carbocycles. The third-order valence-electron chi connectivity index (χ3n) is 5.83. The second-order valence-corrected chi connectivity index (χ2v) is 12.1. The molecule has 1 nitrogen and oxygen atoms in total. The Kier molecular flexibility index (Phi) is 6.51. The van der Waals surface area contributed by atoms with Crippen LogP contribution in [0.5, 0.6) is 5.75 Å². The van der Waals surface area contributed by atoms with Crippen molar-refractivity contribution in [3.8, 4) is 5.75 Å².